The van der Waals surface area contributed by atoms with Gasteiger partial charge in [-0.05, 0) is 6.42 Å². The van der Waals surface area contributed by atoms with Crippen molar-refractivity contribution in [1.82, 2.24) is 9.44 Å². The Labute approximate surface area is 109 Å². The van der Waals surface area contributed by atoms with Crippen LogP contribution in [0.3, 0.4) is 0 Å². The first-order valence-corrected chi connectivity index (χ1v) is 6.79. The summed E-state index contributed by atoms with van der Waals surface area (Å²) in [7, 11) is -3.91. The average molecular weight is 314 g/mol. The predicted octanol–water partition coefficient (Wildman–Crippen LogP) is 1.33. The van der Waals surface area contributed by atoms with Crippen molar-refractivity contribution >= 4 is 51.1 Å². The third-order valence-corrected chi connectivity index (χ3v) is 2.47. The zero-order valence-corrected chi connectivity index (χ0v) is 11.4. The van der Waals surface area contributed by atoms with E-state index in [1.165, 1.54) is 0 Å². The maximum Gasteiger partial charge on any atom is 0.422 e. The van der Waals surface area contributed by atoms with Crippen LogP contribution in [0.5, 0.6) is 0 Å². The van der Waals surface area contributed by atoms with Crippen LogP contribution in [0.25, 0.3) is 0 Å². The van der Waals surface area contributed by atoms with Gasteiger partial charge in [-0.25, -0.2) is 9.52 Å². The topological polar surface area (TPSA) is 84.5 Å². The Morgan fingerprint density at radius 1 is 1.38 bits per heavy atom. The van der Waals surface area contributed by atoms with Gasteiger partial charge in [-0.3, -0.25) is 0 Å². The zero-order chi connectivity index (χ0) is 12.8. The third-order valence-electron chi connectivity index (χ3n) is 1.13. The number of nitrogens with one attached hydrogen (secondary N) is 2. The molecule has 0 aliphatic carbocycles. The number of carbonyl (C=O) groups excluding carboxylic acids is 1. The van der Waals surface area contributed by atoms with Gasteiger partial charge in [-0.15, -0.1) is 0 Å². The molecule has 0 heterocycles. The summed E-state index contributed by atoms with van der Waals surface area (Å²) in [6.07, 6.45) is -0.626. The molecule has 0 fully saturated rings. The molecule has 0 saturated heterocycles. The minimum atomic E-state index is -3.91. The maximum atomic E-state index is 11.1. The van der Waals surface area contributed by atoms with Crippen LogP contribution < -0.4 is 9.44 Å². The fraction of sp³-hybridized carbons (Fsp3) is 0.833. The molecule has 0 aliphatic heterocycles. The Kier molecular flexibility index (Phi) is 6.73. The van der Waals surface area contributed by atoms with Gasteiger partial charge >= 0.3 is 16.3 Å². The monoisotopic (exact) mass is 312 g/mol. The Balaban J connectivity index is 4.05. The molecule has 0 rings (SSSR count). The van der Waals surface area contributed by atoms with Crippen molar-refractivity contribution in [3.8, 4) is 0 Å². The number of hydrogen-bond donors (Lipinski definition) is 2. The van der Waals surface area contributed by atoms with Crippen molar-refractivity contribution in [3.63, 3.8) is 0 Å². The van der Waals surface area contributed by atoms with Crippen molar-refractivity contribution in [2.45, 2.75) is 17.1 Å². The fourth-order valence-electron chi connectivity index (χ4n) is 0.559. The van der Waals surface area contributed by atoms with Crippen LogP contribution in [-0.4, -0.2) is 31.5 Å². The van der Waals surface area contributed by atoms with Gasteiger partial charge in [0.25, 0.3) is 0 Å². The van der Waals surface area contributed by atoms with Crippen molar-refractivity contribution in [2.24, 2.45) is 0 Å². The van der Waals surface area contributed by atoms with Crippen LogP contribution in [0.15, 0.2) is 0 Å². The highest BCUT2D eigenvalue weighted by Gasteiger charge is 2.23. The summed E-state index contributed by atoms with van der Waals surface area (Å²) in [6.45, 7) is 1.42. The second kappa shape index (κ2) is 6.70. The van der Waals surface area contributed by atoms with Gasteiger partial charge in [0.15, 0.2) is 0 Å². The highest BCUT2D eigenvalue weighted by atomic mass is 35.6. The van der Waals surface area contributed by atoms with E-state index in [0.29, 0.717) is 6.42 Å². The molecule has 0 atom stereocenters. The van der Waals surface area contributed by atoms with E-state index >= 15 is 0 Å². The lowest BCUT2D eigenvalue weighted by atomic mass is 10.5. The SMILES string of the molecule is CCCNS(=O)(=O)NC(=O)OCC(Cl)(Cl)Cl. The average Bonchev–Trinajstić information content (AvgIpc) is 2.10. The maximum absolute atomic E-state index is 11.1. The third kappa shape index (κ3) is 9.29. The Bertz CT molecular complexity index is 327. The number of alkyl halides is 3. The summed E-state index contributed by atoms with van der Waals surface area (Å²) in [5, 5.41) is 0. The smallest absolute Gasteiger partial charge is 0.422 e. The molecule has 0 saturated carbocycles. The van der Waals surface area contributed by atoms with E-state index in [2.05, 4.69) is 9.46 Å². The molecule has 0 aromatic carbocycles. The van der Waals surface area contributed by atoms with E-state index in [-0.39, 0.29) is 6.54 Å². The first kappa shape index (κ1) is 16.1. The molecule has 96 valence electrons. The van der Waals surface area contributed by atoms with E-state index < -0.39 is 26.7 Å². The fourth-order valence-corrected chi connectivity index (χ4v) is 1.55. The largest absolute Gasteiger partial charge is 0.444 e. The highest BCUT2D eigenvalue weighted by Crippen LogP contribution is 2.25. The van der Waals surface area contributed by atoms with Crippen molar-refractivity contribution in [1.29, 1.82) is 0 Å². The van der Waals surface area contributed by atoms with Crippen LogP contribution in [0.4, 0.5) is 4.79 Å². The van der Waals surface area contributed by atoms with E-state index in [0.717, 1.165) is 0 Å². The van der Waals surface area contributed by atoms with Gasteiger partial charge in [-0.1, -0.05) is 41.7 Å². The van der Waals surface area contributed by atoms with Crippen molar-refractivity contribution in [3.05, 3.63) is 0 Å². The number of carbonyl (C=O) groups is 1. The van der Waals surface area contributed by atoms with Crippen LogP contribution in [0.1, 0.15) is 13.3 Å². The normalized spacial score (nSPS) is 12.2. The first-order chi connectivity index (χ1) is 7.16. The van der Waals surface area contributed by atoms with E-state index in [4.69, 9.17) is 34.8 Å². The van der Waals surface area contributed by atoms with Crippen LogP contribution in [0.2, 0.25) is 0 Å². The Morgan fingerprint density at radius 2 is 1.94 bits per heavy atom. The van der Waals surface area contributed by atoms with Gasteiger partial charge < -0.3 is 4.74 Å². The molecule has 0 spiro atoms. The standard InChI is InChI=1S/C6H11Cl3N2O4S/c1-2-3-10-16(13,14)11-5(12)15-4-6(7,8)9/h10H,2-4H2,1H3,(H,11,12). The highest BCUT2D eigenvalue weighted by molar-refractivity contribution is 7.88. The molecule has 0 unspecified atom stereocenters. The van der Waals surface area contributed by atoms with E-state index in [1.807, 2.05) is 0 Å². The van der Waals surface area contributed by atoms with Gasteiger partial charge in [-0.2, -0.15) is 13.1 Å². The number of hydrogen-bond acceptors (Lipinski definition) is 4. The molecule has 16 heavy (non-hydrogen) atoms. The molecule has 2 N–H and O–H groups in total. The van der Waals surface area contributed by atoms with Crippen LogP contribution in [0, 0.1) is 0 Å². The van der Waals surface area contributed by atoms with E-state index in [1.54, 1.807) is 11.6 Å². The summed E-state index contributed by atoms with van der Waals surface area (Å²) in [5.74, 6) is 0. The molecule has 10 heteroatoms. The lowest BCUT2D eigenvalue weighted by molar-refractivity contribution is 0.154. The van der Waals surface area contributed by atoms with Gasteiger partial charge in [0.1, 0.15) is 6.61 Å². The first-order valence-electron chi connectivity index (χ1n) is 4.17. The molecule has 0 aromatic rings. The molecular weight excluding hydrogens is 303 g/mol. The molecule has 0 aromatic heterocycles. The minimum Gasteiger partial charge on any atom is -0.444 e. The summed E-state index contributed by atoms with van der Waals surface area (Å²) in [5.41, 5.74) is 0. The number of ether oxygens (including phenoxy) is 1. The Hall–Kier alpha value is 0.0500. The molecule has 1 amide bonds. The molecule has 0 radical (unpaired) electrons. The summed E-state index contributed by atoms with van der Waals surface area (Å²) in [6, 6.07) is 0. The predicted molar refractivity (Wildman–Crippen MR) is 62.0 cm³/mol. The Morgan fingerprint density at radius 3 is 2.38 bits per heavy atom. The second-order valence-electron chi connectivity index (χ2n) is 2.69. The van der Waals surface area contributed by atoms with Gasteiger partial charge in [0.2, 0.25) is 3.79 Å². The lowest BCUT2D eigenvalue weighted by Gasteiger charge is -2.12. The molecule has 6 nitrogen and oxygen atoms in total. The number of halogens is 3. The quantitative estimate of drug-likeness (QED) is 0.750. The summed E-state index contributed by atoms with van der Waals surface area (Å²) in [4.78, 5) is 10.9. The van der Waals surface area contributed by atoms with Crippen LogP contribution >= 0.6 is 34.8 Å². The summed E-state index contributed by atoms with van der Waals surface area (Å²) < 4.78 is 28.5. The molecule has 0 aliphatic rings. The lowest BCUT2D eigenvalue weighted by Crippen LogP contribution is -2.41. The summed E-state index contributed by atoms with van der Waals surface area (Å²) >= 11 is 15.9. The number of rotatable bonds is 5. The second-order valence-corrected chi connectivity index (χ2v) is 6.71. The molecular formula is C6H11Cl3N2O4S. The van der Waals surface area contributed by atoms with Crippen molar-refractivity contribution < 1.29 is 17.9 Å². The van der Waals surface area contributed by atoms with Crippen LogP contribution in [-0.2, 0) is 14.9 Å². The molecule has 0 bridgehead atoms. The zero-order valence-electron chi connectivity index (χ0n) is 8.30. The van der Waals surface area contributed by atoms with Crippen molar-refractivity contribution in [2.75, 3.05) is 13.2 Å². The minimum absolute atomic E-state index is 0.201. The van der Waals surface area contributed by atoms with Gasteiger partial charge in [0, 0.05) is 6.54 Å². The number of amides is 1. The van der Waals surface area contributed by atoms with E-state index in [9.17, 15) is 13.2 Å². The van der Waals surface area contributed by atoms with Gasteiger partial charge in [0.05, 0.1) is 0 Å².